The van der Waals surface area contributed by atoms with E-state index in [-0.39, 0.29) is 11.6 Å². The average molecular weight is 277 g/mol. The molecule has 0 amide bonds. The zero-order valence-corrected chi connectivity index (χ0v) is 10.4. The summed E-state index contributed by atoms with van der Waals surface area (Å²) in [5.41, 5.74) is -0.823. The van der Waals surface area contributed by atoms with E-state index in [4.69, 9.17) is 0 Å². The van der Waals surface area contributed by atoms with Crippen molar-refractivity contribution in [2.45, 2.75) is 25.6 Å². The van der Waals surface area contributed by atoms with Gasteiger partial charge in [-0.05, 0) is 31.5 Å². The zero-order valence-electron chi connectivity index (χ0n) is 10.4. The number of halogens is 4. The van der Waals surface area contributed by atoms with Gasteiger partial charge in [-0.25, -0.2) is 4.39 Å². The summed E-state index contributed by atoms with van der Waals surface area (Å²) in [6.07, 6.45) is -4.33. The first-order chi connectivity index (χ1) is 8.79. The number of aliphatic hydroxyl groups excluding tert-OH is 1. The highest BCUT2D eigenvalue weighted by molar-refractivity contribution is 5.50. The van der Waals surface area contributed by atoms with Crippen LogP contribution in [0.2, 0.25) is 0 Å². The van der Waals surface area contributed by atoms with E-state index in [0.29, 0.717) is 25.6 Å². The second-order valence-corrected chi connectivity index (χ2v) is 4.90. The van der Waals surface area contributed by atoms with E-state index in [0.717, 1.165) is 12.1 Å². The Hall–Kier alpha value is -1.30. The van der Waals surface area contributed by atoms with Gasteiger partial charge in [-0.15, -0.1) is 0 Å². The lowest BCUT2D eigenvalue weighted by Gasteiger charge is -2.21. The number of aliphatic hydroxyl groups is 1. The quantitative estimate of drug-likeness (QED) is 0.840. The van der Waals surface area contributed by atoms with Crippen LogP contribution in [0.1, 0.15) is 18.9 Å². The van der Waals surface area contributed by atoms with Gasteiger partial charge in [0.2, 0.25) is 0 Å². The number of alkyl halides is 3. The van der Waals surface area contributed by atoms with E-state index in [2.05, 4.69) is 0 Å². The molecular formula is C13H15F4NO. The standard InChI is InChI=1S/C13H15F4NO/c1-8(19)9-4-5-18(7-9)12-3-2-10(6-11(12)14)13(15,16)17/h2-3,6,8-9,19H,4-5,7H2,1H3. The third kappa shape index (κ3) is 3.00. The van der Waals surface area contributed by atoms with E-state index in [1.807, 2.05) is 0 Å². The zero-order chi connectivity index (χ0) is 14.2. The van der Waals surface area contributed by atoms with Crippen LogP contribution in [0.25, 0.3) is 0 Å². The average Bonchev–Trinajstić information content (AvgIpc) is 2.76. The first-order valence-electron chi connectivity index (χ1n) is 6.09. The van der Waals surface area contributed by atoms with Crippen LogP contribution in [0.5, 0.6) is 0 Å². The highest BCUT2D eigenvalue weighted by Crippen LogP contribution is 2.34. The van der Waals surface area contributed by atoms with Crippen molar-refractivity contribution >= 4 is 5.69 Å². The van der Waals surface area contributed by atoms with Crippen molar-refractivity contribution in [1.29, 1.82) is 0 Å². The summed E-state index contributed by atoms with van der Waals surface area (Å²) >= 11 is 0. The molecule has 1 aliphatic heterocycles. The van der Waals surface area contributed by atoms with Gasteiger partial charge >= 0.3 is 6.18 Å². The molecule has 1 aromatic carbocycles. The first kappa shape index (κ1) is 14.1. The van der Waals surface area contributed by atoms with Crippen molar-refractivity contribution in [3.05, 3.63) is 29.6 Å². The Labute approximate surface area is 108 Å². The van der Waals surface area contributed by atoms with Crippen LogP contribution in [0.3, 0.4) is 0 Å². The Bertz CT molecular complexity index is 458. The number of benzene rings is 1. The lowest BCUT2D eigenvalue weighted by Crippen LogP contribution is -2.24. The minimum atomic E-state index is -4.54. The maximum absolute atomic E-state index is 13.8. The third-order valence-corrected chi connectivity index (χ3v) is 3.52. The molecule has 1 aromatic rings. The SMILES string of the molecule is CC(O)C1CCN(c2ccc(C(F)(F)F)cc2F)C1. The van der Waals surface area contributed by atoms with Gasteiger partial charge in [-0.2, -0.15) is 13.2 Å². The van der Waals surface area contributed by atoms with E-state index in [1.54, 1.807) is 11.8 Å². The number of hydrogen-bond acceptors (Lipinski definition) is 2. The lowest BCUT2D eigenvalue weighted by molar-refractivity contribution is -0.137. The summed E-state index contributed by atoms with van der Waals surface area (Å²) in [7, 11) is 0. The van der Waals surface area contributed by atoms with Crippen LogP contribution in [0, 0.1) is 11.7 Å². The number of rotatable bonds is 2. The molecule has 19 heavy (non-hydrogen) atoms. The molecule has 2 rings (SSSR count). The minimum Gasteiger partial charge on any atom is -0.393 e. The molecule has 2 nitrogen and oxygen atoms in total. The Morgan fingerprint density at radius 3 is 2.53 bits per heavy atom. The molecule has 1 fully saturated rings. The monoisotopic (exact) mass is 277 g/mol. The fraction of sp³-hybridized carbons (Fsp3) is 0.538. The van der Waals surface area contributed by atoms with Gasteiger partial charge in [0.15, 0.2) is 0 Å². The van der Waals surface area contributed by atoms with Crippen LogP contribution in [0.4, 0.5) is 23.2 Å². The van der Waals surface area contributed by atoms with Crippen molar-refractivity contribution in [3.8, 4) is 0 Å². The second-order valence-electron chi connectivity index (χ2n) is 4.90. The Kier molecular flexibility index (Phi) is 3.71. The molecule has 0 radical (unpaired) electrons. The van der Waals surface area contributed by atoms with Gasteiger partial charge in [0.05, 0.1) is 17.4 Å². The second kappa shape index (κ2) is 5.00. The molecule has 0 aliphatic carbocycles. The van der Waals surface area contributed by atoms with Gasteiger partial charge in [-0.3, -0.25) is 0 Å². The van der Waals surface area contributed by atoms with Crippen molar-refractivity contribution in [2.75, 3.05) is 18.0 Å². The molecule has 1 N–H and O–H groups in total. The summed E-state index contributed by atoms with van der Waals surface area (Å²) in [4.78, 5) is 1.67. The van der Waals surface area contributed by atoms with Crippen LogP contribution in [-0.2, 0) is 6.18 Å². The van der Waals surface area contributed by atoms with Gasteiger partial charge in [-0.1, -0.05) is 0 Å². The maximum atomic E-state index is 13.8. The fourth-order valence-electron chi connectivity index (χ4n) is 2.34. The van der Waals surface area contributed by atoms with Crippen molar-refractivity contribution in [1.82, 2.24) is 0 Å². The molecule has 106 valence electrons. The Morgan fingerprint density at radius 2 is 2.05 bits per heavy atom. The molecule has 1 saturated heterocycles. The van der Waals surface area contributed by atoms with E-state index < -0.39 is 23.7 Å². The highest BCUT2D eigenvalue weighted by atomic mass is 19.4. The normalized spacial score (nSPS) is 21.8. The first-order valence-corrected chi connectivity index (χ1v) is 6.09. The number of anilines is 1. The van der Waals surface area contributed by atoms with Crippen LogP contribution >= 0.6 is 0 Å². The van der Waals surface area contributed by atoms with Gasteiger partial charge in [0, 0.05) is 19.0 Å². The third-order valence-electron chi connectivity index (χ3n) is 3.52. The van der Waals surface area contributed by atoms with Crippen molar-refractivity contribution in [3.63, 3.8) is 0 Å². The number of hydrogen-bond donors (Lipinski definition) is 1. The molecule has 6 heteroatoms. The molecule has 0 spiro atoms. The van der Waals surface area contributed by atoms with Gasteiger partial charge < -0.3 is 10.0 Å². The van der Waals surface area contributed by atoms with E-state index in [9.17, 15) is 22.7 Å². The molecule has 1 heterocycles. The maximum Gasteiger partial charge on any atom is 0.416 e. The molecular weight excluding hydrogens is 262 g/mol. The van der Waals surface area contributed by atoms with Crippen molar-refractivity contribution in [2.24, 2.45) is 5.92 Å². The summed E-state index contributed by atoms with van der Waals surface area (Å²) in [5.74, 6) is -0.845. The van der Waals surface area contributed by atoms with Gasteiger partial charge in [0.25, 0.3) is 0 Å². The Balaban J connectivity index is 2.19. The van der Waals surface area contributed by atoms with Crippen LogP contribution in [0.15, 0.2) is 18.2 Å². The predicted molar refractivity (Wildman–Crippen MR) is 63.4 cm³/mol. The minimum absolute atomic E-state index is 0.0293. The summed E-state index contributed by atoms with van der Waals surface area (Å²) < 4.78 is 51.1. The van der Waals surface area contributed by atoms with Crippen LogP contribution < -0.4 is 4.90 Å². The van der Waals surface area contributed by atoms with Crippen LogP contribution in [-0.4, -0.2) is 24.3 Å². The molecule has 2 unspecified atom stereocenters. The number of nitrogens with zero attached hydrogens (tertiary/aromatic N) is 1. The van der Waals surface area contributed by atoms with Gasteiger partial charge in [0.1, 0.15) is 5.82 Å². The van der Waals surface area contributed by atoms with Crippen molar-refractivity contribution < 1.29 is 22.7 Å². The molecule has 2 atom stereocenters. The molecule has 0 aromatic heterocycles. The van der Waals surface area contributed by atoms with E-state index >= 15 is 0 Å². The Morgan fingerprint density at radius 1 is 1.37 bits per heavy atom. The predicted octanol–water partition coefficient (Wildman–Crippen LogP) is 3.05. The van der Waals surface area contributed by atoms with E-state index in [1.165, 1.54) is 0 Å². The molecule has 1 aliphatic rings. The molecule has 0 bridgehead atoms. The smallest absolute Gasteiger partial charge is 0.393 e. The summed E-state index contributed by atoms with van der Waals surface area (Å²) in [6.45, 7) is 2.66. The summed E-state index contributed by atoms with van der Waals surface area (Å²) in [5, 5.41) is 9.47. The highest BCUT2D eigenvalue weighted by Gasteiger charge is 2.33. The topological polar surface area (TPSA) is 23.5 Å². The lowest BCUT2D eigenvalue weighted by atomic mass is 10.0. The molecule has 0 saturated carbocycles. The summed E-state index contributed by atoms with van der Waals surface area (Å²) in [6, 6.07) is 2.56. The fourth-order valence-corrected chi connectivity index (χ4v) is 2.34. The largest absolute Gasteiger partial charge is 0.416 e.